The van der Waals surface area contributed by atoms with Crippen LogP contribution in [0.5, 0.6) is 11.5 Å². The number of aliphatic hydroxyl groups is 1. The summed E-state index contributed by atoms with van der Waals surface area (Å²) in [6, 6.07) is 20.6. The van der Waals surface area contributed by atoms with Gasteiger partial charge in [-0.2, -0.15) is 8.78 Å². The number of rotatable bonds is 10. The molecule has 0 radical (unpaired) electrons. The Morgan fingerprint density at radius 2 is 1.72 bits per heavy atom. The van der Waals surface area contributed by atoms with Gasteiger partial charge in [0.05, 0.1) is 11.6 Å². The molecule has 3 aromatic carbocycles. The third-order valence-corrected chi connectivity index (χ3v) is 6.01. The third-order valence-electron chi connectivity index (χ3n) is 6.01. The number of phenols is 1. The number of fused-ring (bicyclic) bond motifs is 1. The van der Waals surface area contributed by atoms with E-state index in [4.69, 9.17) is 4.74 Å². The first-order valence-electron chi connectivity index (χ1n) is 11.6. The molecule has 188 valence electrons. The zero-order valence-corrected chi connectivity index (χ0v) is 19.7. The summed E-state index contributed by atoms with van der Waals surface area (Å²) in [5, 5.41) is 24.5. The molecule has 0 aliphatic rings. The standard InChI is InChI=1S/C28H28F2N2O4/c1-18(31-16-25(34)22-11-13-24(33)27-23(22)12-14-26(35)32-27)15-19-7-9-20(10-8-19)28(29,30)17-36-21-5-3-2-4-6-21/h2-14,18,25,31,33-34H,15-17H2,1H3,(H,32,35)/t18-,25-/m0/s1. The number of benzene rings is 3. The monoisotopic (exact) mass is 494 g/mol. The minimum absolute atomic E-state index is 0.0457. The van der Waals surface area contributed by atoms with Crippen molar-refractivity contribution in [3.05, 3.63) is 106 Å². The van der Waals surface area contributed by atoms with Crippen LogP contribution in [0.4, 0.5) is 8.78 Å². The fraction of sp³-hybridized carbons (Fsp3) is 0.250. The lowest BCUT2D eigenvalue weighted by atomic mass is 10.0. The Kier molecular flexibility index (Phi) is 7.67. The SMILES string of the molecule is C[C@@H](Cc1ccc(C(F)(F)COc2ccccc2)cc1)NC[C@H](O)c1ccc(O)c2[nH]c(=O)ccc12. The molecule has 4 aromatic rings. The van der Waals surface area contributed by atoms with Gasteiger partial charge in [0.25, 0.3) is 0 Å². The Morgan fingerprint density at radius 1 is 1.00 bits per heavy atom. The van der Waals surface area contributed by atoms with Gasteiger partial charge in [0.15, 0.2) is 6.61 Å². The summed E-state index contributed by atoms with van der Waals surface area (Å²) >= 11 is 0. The highest BCUT2D eigenvalue weighted by Gasteiger charge is 2.32. The van der Waals surface area contributed by atoms with E-state index in [1.54, 1.807) is 54.6 Å². The van der Waals surface area contributed by atoms with Crippen molar-refractivity contribution >= 4 is 10.9 Å². The van der Waals surface area contributed by atoms with Gasteiger partial charge in [0.1, 0.15) is 11.5 Å². The Morgan fingerprint density at radius 3 is 2.44 bits per heavy atom. The Labute approximate surface area is 207 Å². The minimum atomic E-state index is -3.13. The lowest BCUT2D eigenvalue weighted by Gasteiger charge is -2.20. The first-order chi connectivity index (χ1) is 17.2. The fourth-order valence-corrected chi connectivity index (χ4v) is 4.06. The van der Waals surface area contributed by atoms with E-state index < -0.39 is 18.6 Å². The number of pyridine rings is 1. The largest absolute Gasteiger partial charge is 0.506 e. The van der Waals surface area contributed by atoms with Gasteiger partial charge in [-0.15, -0.1) is 0 Å². The molecule has 2 atom stereocenters. The van der Waals surface area contributed by atoms with Crippen LogP contribution >= 0.6 is 0 Å². The van der Waals surface area contributed by atoms with Gasteiger partial charge < -0.3 is 25.3 Å². The molecule has 6 nitrogen and oxygen atoms in total. The first-order valence-corrected chi connectivity index (χ1v) is 11.6. The molecule has 0 amide bonds. The van der Waals surface area contributed by atoms with Gasteiger partial charge >= 0.3 is 5.92 Å². The van der Waals surface area contributed by atoms with Crippen LogP contribution in [0.3, 0.4) is 0 Å². The fourth-order valence-electron chi connectivity index (χ4n) is 4.06. The van der Waals surface area contributed by atoms with Crippen molar-refractivity contribution in [2.24, 2.45) is 0 Å². The molecule has 8 heteroatoms. The second-order valence-electron chi connectivity index (χ2n) is 8.82. The third kappa shape index (κ3) is 6.08. The highest BCUT2D eigenvalue weighted by molar-refractivity contribution is 5.87. The summed E-state index contributed by atoms with van der Waals surface area (Å²) in [6.07, 6.45) is -0.310. The average molecular weight is 495 g/mol. The Bertz CT molecular complexity index is 1360. The highest BCUT2D eigenvalue weighted by atomic mass is 19.3. The predicted octanol–water partition coefficient (Wildman–Crippen LogP) is 4.66. The van der Waals surface area contributed by atoms with Crippen molar-refractivity contribution in [3.63, 3.8) is 0 Å². The maximum atomic E-state index is 14.6. The van der Waals surface area contributed by atoms with Crippen LogP contribution in [0, 0.1) is 0 Å². The first kappa shape index (κ1) is 25.3. The summed E-state index contributed by atoms with van der Waals surface area (Å²) < 4.78 is 34.4. The van der Waals surface area contributed by atoms with E-state index >= 15 is 0 Å². The van der Waals surface area contributed by atoms with Crippen LogP contribution in [0.25, 0.3) is 10.9 Å². The summed E-state index contributed by atoms with van der Waals surface area (Å²) in [5.41, 5.74) is 1.26. The number of phenolic OH excluding ortho intramolecular Hbond substituents is 1. The molecule has 0 aliphatic heterocycles. The Balaban J connectivity index is 1.33. The number of halogens is 2. The van der Waals surface area contributed by atoms with Crippen LogP contribution in [0.1, 0.15) is 29.7 Å². The van der Waals surface area contributed by atoms with Gasteiger partial charge in [-0.05, 0) is 48.7 Å². The van der Waals surface area contributed by atoms with Crippen LogP contribution < -0.4 is 15.6 Å². The minimum Gasteiger partial charge on any atom is -0.506 e. The molecule has 0 saturated heterocycles. The number of hydrogen-bond acceptors (Lipinski definition) is 5. The highest BCUT2D eigenvalue weighted by Crippen LogP contribution is 2.30. The summed E-state index contributed by atoms with van der Waals surface area (Å²) in [7, 11) is 0. The molecule has 4 N–H and O–H groups in total. The van der Waals surface area contributed by atoms with E-state index in [0.29, 0.717) is 23.1 Å². The van der Waals surface area contributed by atoms with Gasteiger partial charge in [-0.1, -0.05) is 48.5 Å². The number of para-hydroxylation sites is 1. The maximum absolute atomic E-state index is 14.6. The van der Waals surface area contributed by atoms with Crippen LogP contribution in [-0.4, -0.2) is 34.4 Å². The van der Waals surface area contributed by atoms with Gasteiger partial charge in [-0.3, -0.25) is 4.79 Å². The molecule has 0 aliphatic carbocycles. The van der Waals surface area contributed by atoms with Crippen molar-refractivity contribution in [1.82, 2.24) is 10.3 Å². The van der Waals surface area contributed by atoms with E-state index in [1.165, 1.54) is 24.3 Å². The van der Waals surface area contributed by atoms with Crippen LogP contribution in [0.15, 0.2) is 83.7 Å². The number of aliphatic hydroxyl groups excluding tert-OH is 1. The number of hydrogen-bond donors (Lipinski definition) is 4. The number of aromatic nitrogens is 1. The van der Waals surface area contributed by atoms with Gasteiger partial charge in [0.2, 0.25) is 5.56 Å². The maximum Gasteiger partial charge on any atom is 0.306 e. The smallest absolute Gasteiger partial charge is 0.306 e. The zero-order valence-electron chi connectivity index (χ0n) is 19.7. The van der Waals surface area contributed by atoms with Crippen molar-refractivity contribution in [3.8, 4) is 11.5 Å². The number of aromatic amines is 1. The van der Waals surface area contributed by atoms with E-state index in [1.807, 2.05) is 6.92 Å². The molecule has 4 rings (SSSR count). The molecule has 0 bridgehead atoms. The molecular weight excluding hydrogens is 466 g/mol. The van der Waals surface area contributed by atoms with E-state index in [0.717, 1.165) is 5.56 Å². The molecular formula is C28H28F2N2O4. The summed E-state index contributed by atoms with van der Waals surface area (Å²) in [4.78, 5) is 14.2. The van der Waals surface area contributed by atoms with E-state index in [-0.39, 0.29) is 35.0 Å². The van der Waals surface area contributed by atoms with Crippen molar-refractivity contribution in [1.29, 1.82) is 0 Å². The van der Waals surface area contributed by atoms with Crippen LogP contribution in [0.2, 0.25) is 0 Å². The van der Waals surface area contributed by atoms with Crippen molar-refractivity contribution in [2.75, 3.05) is 13.2 Å². The molecule has 36 heavy (non-hydrogen) atoms. The second-order valence-corrected chi connectivity index (χ2v) is 8.82. The normalized spacial score (nSPS) is 13.4. The van der Waals surface area contributed by atoms with Crippen molar-refractivity contribution < 1.29 is 23.7 Å². The summed E-state index contributed by atoms with van der Waals surface area (Å²) in [6.45, 7) is 1.43. The molecule has 0 saturated carbocycles. The topological polar surface area (TPSA) is 94.6 Å². The molecule has 0 unspecified atom stereocenters. The number of alkyl halides is 2. The van der Waals surface area contributed by atoms with Crippen molar-refractivity contribution in [2.45, 2.75) is 31.4 Å². The second kappa shape index (κ2) is 10.9. The average Bonchev–Trinajstić information content (AvgIpc) is 2.87. The lowest BCUT2D eigenvalue weighted by Crippen LogP contribution is -2.32. The predicted molar refractivity (Wildman–Crippen MR) is 135 cm³/mol. The molecule has 0 fully saturated rings. The van der Waals surface area contributed by atoms with Gasteiger partial charge in [0, 0.05) is 29.6 Å². The number of H-pyrrole nitrogens is 1. The number of nitrogens with one attached hydrogen (secondary N) is 2. The number of aromatic hydroxyl groups is 1. The Hall–Kier alpha value is -3.75. The zero-order chi connectivity index (χ0) is 25.7. The molecule has 1 heterocycles. The molecule has 1 aromatic heterocycles. The van der Waals surface area contributed by atoms with Crippen LogP contribution in [-0.2, 0) is 12.3 Å². The quantitative estimate of drug-likeness (QED) is 0.257. The van der Waals surface area contributed by atoms with Gasteiger partial charge in [-0.25, -0.2) is 0 Å². The number of ether oxygens (including phenoxy) is 1. The summed E-state index contributed by atoms with van der Waals surface area (Å²) in [5.74, 6) is -2.80. The van der Waals surface area contributed by atoms with E-state index in [2.05, 4.69) is 10.3 Å². The lowest BCUT2D eigenvalue weighted by molar-refractivity contribution is -0.0467. The molecule has 0 spiro atoms. The van der Waals surface area contributed by atoms with E-state index in [9.17, 15) is 23.8 Å².